The number of amides is 1. The summed E-state index contributed by atoms with van der Waals surface area (Å²) < 4.78 is 0. The number of nitrogens with zero attached hydrogens (tertiary/aromatic N) is 1. The molecule has 0 unspecified atom stereocenters. The summed E-state index contributed by atoms with van der Waals surface area (Å²) in [5, 5.41) is 3.07. The standard InChI is InChI=1S/C14H22N2OS/c1-4-7-14(2,3)16-13(17)11-18-10-12-5-8-15-9-6-12/h5-6,8-9H,4,7,10-11H2,1-3H3,(H,16,17). The predicted octanol–water partition coefficient (Wildman–Crippen LogP) is 3.01. The van der Waals surface area contributed by atoms with Gasteiger partial charge in [0.2, 0.25) is 5.91 Å². The molecule has 1 N–H and O–H groups in total. The fourth-order valence-electron chi connectivity index (χ4n) is 1.84. The molecule has 18 heavy (non-hydrogen) atoms. The first-order chi connectivity index (χ1) is 8.53. The van der Waals surface area contributed by atoms with Crippen LogP contribution in [0.25, 0.3) is 0 Å². The Morgan fingerprint density at radius 3 is 2.67 bits per heavy atom. The summed E-state index contributed by atoms with van der Waals surface area (Å²) >= 11 is 1.63. The summed E-state index contributed by atoms with van der Waals surface area (Å²) in [6, 6.07) is 3.96. The van der Waals surface area contributed by atoms with Crippen molar-refractivity contribution in [2.24, 2.45) is 0 Å². The number of nitrogens with one attached hydrogen (secondary N) is 1. The van der Waals surface area contributed by atoms with E-state index in [0.29, 0.717) is 5.75 Å². The maximum absolute atomic E-state index is 11.8. The van der Waals surface area contributed by atoms with Crippen LogP contribution in [0.2, 0.25) is 0 Å². The zero-order chi connectivity index (χ0) is 13.4. The monoisotopic (exact) mass is 266 g/mol. The lowest BCUT2D eigenvalue weighted by Gasteiger charge is -2.25. The Kier molecular flexibility index (Phi) is 6.19. The van der Waals surface area contributed by atoms with Crippen molar-refractivity contribution in [1.82, 2.24) is 10.3 Å². The highest BCUT2D eigenvalue weighted by molar-refractivity contribution is 7.99. The Morgan fingerprint density at radius 2 is 2.06 bits per heavy atom. The first-order valence-corrected chi connectivity index (χ1v) is 7.46. The molecule has 1 rings (SSSR count). The van der Waals surface area contributed by atoms with Crippen molar-refractivity contribution < 1.29 is 4.79 Å². The Hall–Kier alpha value is -1.03. The van der Waals surface area contributed by atoms with Crippen LogP contribution < -0.4 is 5.32 Å². The van der Waals surface area contributed by atoms with Crippen LogP contribution in [0.5, 0.6) is 0 Å². The maximum atomic E-state index is 11.8. The molecule has 0 spiro atoms. The van der Waals surface area contributed by atoms with E-state index in [-0.39, 0.29) is 11.4 Å². The minimum absolute atomic E-state index is 0.0942. The van der Waals surface area contributed by atoms with E-state index in [1.807, 2.05) is 12.1 Å². The van der Waals surface area contributed by atoms with E-state index in [2.05, 4.69) is 31.1 Å². The van der Waals surface area contributed by atoms with Gasteiger partial charge < -0.3 is 5.32 Å². The number of carbonyl (C=O) groups excluding carboxylic acids is 1. The molecule has 0 aliphatic heterocycles. The zero-order valence-corrected chi connectivity index (χ0v) is 12.2. The molecule has 0 aromatic carbocycles. The van der Waals surface area contributed by atoms with Crippen molar-refractivity contribution in [2.75, 3.05) is 5.75 Å². The lowest BCUT2D eigenvalue weighted by atomic mass is 9.99. The van der Waals surface area contributed by atoms with Crippen LogP contribution >= 0.6 is 11.8 Å². The van der Waals surface area contributed by atoms with Gasteiger partial charge in [-0.2, -0.15) is 0 Å². The lowest BCUT2D eigenvalue weighted by Crippen LogP contribution is -2.44. The number of rotatable bonds is 7. The first-order valence-electron chi connectivity index (χ1n) is 6.31. The Morgan fingerprint density at radius 1 is 1.39 bits per heavy atom. The lowest BCUT2D eigenvalue weighted by molar-refractivity contribution is -0.120. The van der Waals surface area contributed by atoms with Crippen LogP contribution in [0.15, 0.2) is 24.5 Å². The topological polar surface area (TPSA) is 42.0 Å². The number of carbonyl (C=O) groups is 1. The van der Waals surface area contributed by atoms with Crippen molar-refractivity contribution >= 4 is 17.7 Å². The summed E-state index contributed by atoms with van der Waals surface area (Å²) in [6.07, 6.45) is 5.64. The molecule has 0 radical (unpaired) electrons. The molecule has 4 heteroatoms. The highest BCUT2D eigenvalue weighted by Crippen LogP contribution is 2.13. The third-order valence-electron chi connectivity index (χ3n) is 2.60. The maximum Gasteiger partial charge on any atom is 0.230 e. The van der Waals surface area contributed by atoms with Crippen molar-refractivity contribution in [3.05, 3.63) is 30.1 Å². The van der Waals surface area contributed by atoms with Crippen molar-refractivity contribution in [2.45, 2.75) is 44.9 Å². The van der Waals surface area contributed by atoms with E-state index in [4.69, 9.17) is 0 Å². The van der Waals surface area contributed by atoms with Crippen LogP contribution in [-0.4, -0.2) is 22.2 Å². The minimum atomic E-state index is -0.0942. The number of hydrogen-bond acceptors (Lipinski definition) is 3. The van der Waals surface area contributed by atoms with Gasteiger partial charge in [-0.05, 0) is 38.0 Å². The second kappa shape index (κ2) is 7.41. The Labute approximate surface area is 114 Å². The van der Waals surface area contributed by atoms with Gasteiger partial charge in [0, 0.05) is 23.7 Å². The van der Waals surface area contributed by atoms with Crippen molar-refractivity contribution in [3.63, 3.8) is 0 Å². The number of thioether (sulfide) groups is 1. The third kappa shape index (κ3) is 6.05. The predicted molar refractivity (Wildman–Crippen MR) is 77.5 cm³/mol. The average Bonchev–Trinajstić information content (AvgIpc) is 2.29. The quantitative estimate of drug-likeness (QED) is 0.825. The van der Waals surface area contributed by atoms with Gasteiger partial charge in [0.1, 0.15) is 0 Å². The molecule has 1 aromatic rings. The molecule has 1 aromatic heterocycles. The van der Waals surface area contributed by atoms with Crippen molar-refractivity contribution in [1.29, 1.82) is 0 Å². The molecule has 3 nitrogen and oxygen atoms in total. The van der Waals surface area contributed by atoms with Crippen molar-refractivity contribution in [3.8, 4) is 0 Å². The fraction of sp³-hybridized carbons (Fsp3) is 0.571. The molecule has 0 fully saturated rings. The highest BCUT2D eigenvalue weighted by Gasteiger charge is 2.18. The van der Waals surface area contributed by atoms with Crippen LogP contribution in [0.1, 0.15) is 39.2 Å². The summed E-state index contributed by atoms with van der Waals surface area (Å²) in [6.45, 7) is 6.27. The molecule has 1 amide bonds. The van der Waals surface area contributed by atoms with E-state index in [9.17, 15) is 4.79 Å². The van der Waals surface area contributed by atoms with Gasteiger partial charge in [-0.3, -0.25) is 9.78 Å². The van der Waals surface area contributed by atoms with Crippen LogP contribution in [0.3, 0.4) is 0 Å². The van der Waals surface area contributed by atoms with E-state index in [1.54, 1.807) is 24.2 Å². The molecular weight excluding hydrogens is 244 g/mol. The van der Waals surface area contributed by atoms with Gasteiger partial charge in [-0.15, -0.1) is 11.8 Å². The number of pyridine rings is 1. The van der Waals surface area contributed by atoms with E-state index >= 15 is 0 Å². The van der Waals surface area contributed by atoms with Gasteiger partial charge >= 0.3 is 0 Å². The summed E-state index contributed by atoms with van der Waals surface area (Å²) in [5.41, 5.74) is 1.11. The molecule has 0 aliphatic rings. The number of hydrogen-bond donors (Lipinski definition) is 1. The molecule has 0 atom stereocenters. The molecule has 100 valence electrons. The SMILES string of the molecule is CCCC(C)(C)NC(=O)CSCc1ccncc1. The second-order valence-electron chi connectivity index (χ2n) is 5.03. The van der Waals surface area contributed by atoms with Crippen LogP contribution in [-0.2, 0) is 10.5 Å². The smallest absolute Gasteiger partial charge is 0.230 e. The molecule has 0 saturated heterocycles. The van der Waals surface area contributed by atoms with E-state index in [1.165, 1.54) is 5.56 Å². The average molecular weight is 266 g/mol. The second-order valence-corrected chi connectivity index (χ2v) is 6.02. The van der Waals surface area contributed by atoms with E-state index in [0.717, 1.165) is 18.6 Å². The Bertz CT molecular complexity index is 365. The normalized spacial score (nSPS) is 11.3. The molecule has 0 saturated carbocycles. The van der Waals surface area contributed by atoms with E-state index < -0.39 is 0 Å². The van der Waals surface area contributed by atoms with Gasteiger partial charge in [0.15, 0.2) is 0 Å². The van der Waals surface area contributed by atoms with Crippen LogP contribution in [0.4, 0.5) is 0 Å². The molecule has 0 aliphatic carbocycles. The molecule has 0 bridgehead atoms. The minimum Gasteiger partial charge on any atom is -0.351 e. The zero-order valence-electron chi connectivity index (χ0n) is 11.4. The number of aromatic nitrogens is 1. The van der Waals surface area contributed by atoms with Gasteiger partial charge in [-0.25, -0.2) is 0 Å². The van der Waals surface area contributed by atoms with Gasteiger partial charge in [-0.1, -0.05) is 13.3 Å². The van der Waals surface area contributed by atoms with Crippen LogP contribution in [0, 0.1) is 0 Å². The summed E-state index contributed by atoms with van der Waals surface area (Å²) in [4.78, 5) is 15.7. The summed E-state index contributed by atoms with van der Waals surface area (Å²) in [5.74, 6) is 1.48. The van der Waals surface area contributed by atoms with Gasteiger partial charge in [0.05, 0.1) is 5.75 Å². The first kappa shape index (κ1) is 15.0. The third-order valence-corrected chi connectivity index (χ3v) is 3.61. The molecular formula is C14H22N2OS. The highest BCUT2D eigenvalue weighted by atomic mass is 32.2. The Balaban J connectivity index is 2.25. The molecule has 1 heterocycles. The summed E-state index contributed by atoms with van der Waals surface area (Å²) in [7, 11) is 0. The largest absolute Gasteiger partial charge is 0.351 e. The fourth-order valence-corrected chi connectivity index (χ4v) is 2.63. The van der Waals surface area contributed by atoms with Gasteiger partial charge in [0.25, 0.3) is 0 Å².